The van der Waals surface area contributed by atoms with Gasteiger partial charge in [-0.05, 0) is 24.6 Å². The summed E-state index contributed by atoms with van der Waals surface area (Å²) in [6, 6.07) is 28.1. The first-order valence-electron chi connectivity index (χ1n) is 9.49. The van der Waals surface area contributed by atoms with Gasteiger partial charge in [-0.3, -0.25) is 9.98 Å². The number of nitrogens with one attached hydrogen (secondary N) is 1. The molecule has 2 aromatic heterocycles. The molecule has 2 heterocycles. The minimum Gasteiger partial charge on any atom is -0.437 e. The lowest BCUT2D eigenvalue weighted by atomic mass is 9.99. The van der Waals surface area contributed by atoms with Crippen LogP contribution in [0.4, 0.5) is 0 Å². The summed E-state index contributed by atoms with van der Waals surface area (Å²) in [7, 11) is 0. The minimum atomic E-state index is 0.351. The van der Waals surface area contributed by atoms with Crippen LogP contribution in [0.3, 0.4) is 0 Å². The van der Waals surface area contributed by atoms with E-state index in [1.165, 1.54) is 5.56 Å². The number of rotatable bonds is 3. The zero-order valence-electron chi connectivity index (χ0n) is 16.0. The van der Waals surface area contributed by atoms with Gasteiger partial charge in [-0.15, -0.1) is 0 Å². The van der Waals surface area contributed by atoms with E-state index in [4.69, 9.17) is 9.83 Å². The van der Waals surface area contributed by atoms with Crippen LogP contribution < -0.4 is 5.49 Å². The van der Waals surface area contributed by atoms with E-state index in [1.54, 1.807) is 10.9 Å². The van der Waals surface area contributed by atoms with Gasteiger partial charge in [0.25, 0.3) is 0 Å². The van der Waals surface area contributed by atoms with Crippen molar-refractivity contribution in [1.82, 2.24) is 9.55 Å². The molecule has 1 N–H and O–H groups in total. The second kappa shape index (κ2) is 6.91. The van der Waals surface area contributed by atoms with Crippen molar-refractivity contribution in [1.29, 1.82) is 5.41 Å². The molecule has 4 nitrogen and oxygen atoms in total. The monoisotopic (exact) mass is 377 g/mol. The van der Waals surface area contributed by atoms with Crippen LogP contribution in [0.25, 0.3) is 39.2 Å². The van der Waals surface area contributed by atoms with Gasteiger partial charge in [-0.1, -0.05) is 78.4 Å². The van der Waals surface area contributed by atoms with Crippen molar-refractivity contribution in [2.45, 2.75) is 6.92 Å². The summed E-state index contributed by atoms with van der Waals surface area (Å²) in [6.45, 7) is 2.05. The molecule has 0 aliphatic heterocycles. The standard InChI is InChI=1S/C25H19N3O/c1-17-12-14-20(15-13-17)28-16-27-25-22(24(28)26)21(18-8-4-2-5-9-18)23(29-25)19-10-6-3-7-11-19/h2-16,26H,1H3. The highest BCUT2D eigenvalue weighted by Crippen LogP contribution is 2.38. The molecule has 0 amide bonds. The third-order valence-electron chi connectivity index (χ3n) is 5.07. The number of furan rings is 1. The Morgan fingerprint density at radius 2 is 1.41 bits per heavy atom. The predicted molar refractivity (Wildman–Crippen MR) is 115 cm³/mol. The van der Waals surface area contributed by atoms with Gasteiger partial charge in [-0.25, -0.2) is 4.98 Å². The molecule has 0 spiro atoms. The molecule has 29 heavy (non-hydrogen) atoms. The number of hydrogen-bond acceptors (Lipinski definition) is 3. The summed E-state index contributed by atoms with van der Waals surface area (Å²) in [4.78, 5) is 4.55. The number of nitrogens with zero attached hydrogens (tertiary/aromatic N) is 2. The van der Waals surface area contributed by atoms with Gasteiger partial charge in [0, 0.05) is 16.8 Å². The molecule has 0 aliphatic rings. The summed E-state index contributed by atoms with van der Waals surface area (Å²) in [5, 5.41) is 9.67. The number of hydrogen-bond donors (Lipinski definition) is 1. The molecule has 3 aromatic carbocycles. The van der Waals surface area contributed by atoms with Crippen molar-refractivity contribution >= 4 is 11.1 Å². The van der Waals surface area contributed by atoms with Crippen LogP contribution in [0.15, 0.2) is 95.7 Å². The van der Waals surface area contributed by atoms with Crippen molar-refractivity contribution in [3.05, 3.63) is 102 Å². The Bertz CT molecular complexity index is 1350. The molecule has 4 heteroatoms. The SMILES string of the molecule is Cc1ccc(-n2cnc3oc(-c4ccccc4)c(-c4ccccc4)c3c2=N)cc1. The minimum absolute atomic E-state index is 0.351. The molecular weight excluding hydrogens is 358 g/mol. The highest BCUT2D eigenvalue weighted by atomic mass is 16.3. The van der Waals surface area contributed by atoms with E-state index in [2.05, 4.69) is 4.98 Å². The fraction of sp³-hybridized carbons (Fsp3) is 0.0400. The van der Waals surface area contributed by atoms with Gasteiger partial charge >= 0.3 is 0 Å². The van der Waals surface area contributed by atoms with Crippen LogP contribution in [0, 0.1) is 12.3 Å². The zero-order valence-corrected chi connectivity index (χ0v) is 16.0. The van der Waals surface area contributed by atoms with Gasteiger partial charge in [0.1, 0.15) is 17.6 Å². The molecule has 0 radical (unpaired) electrons. The van der Waals surface area contributed by atoms with Crippen LogP contribution in [0.1, 0.15) is 5.56 Å². The fourth-order valence-electron chi connectivity index (χ4n) is 3.59. The average molecular weight is 377 g/mol. The van der Waals surface area contributed by atoms with Crippen LogP contribution >= 0.6 is 0 Å². The molecule has 0 saturated heterocycles. The predicted octanol–water partition coefficient (Wildman–Crippen LogP) is 5.74. The Balaban J connectivity index is 1.85. The van der Waals surface area contributed by atoms with E-state index in [-0.39, 0.29) is 0 Å². The Labute approximate surface area is 168 Å². The van der Waals surface area contributed by atoms with Crippen LogP contribution in [-0.2, 0) is 0 Å². The van der Waals surface area contributed by atoms with Gasteiger partial charge in [0.15, 0.2) is 0 Å². The topological polar surface area (TPSA) is 54.8 Å². The molecule has 0 aliphatic carbocycles. The maximum absolute atomic E-state index is 8.96. The molecule has 0 atom stereocenters. The first kappa shape index (κ1) is 17.2. The summed E-state index contributed by atoms with van der Waals surface area (Å²) in [5.41, 5.74) is 5.75. The molecule has 0 bridgehead atoms. The van der Waals surface area contributed by atoms with Crippen molar-refractivity contribution in [2.24, 2.45) is 0 Å². The lowest BCUT2D eigenvalue weighted by Crippen LogP contribution is -2.18. The summed E-state index contributed by atoms with van der Waals surface area (Å²) < 4.78 is 7.98. The van der Waals surface area contributed by atoms with Crippen LogP contribution in [-0.4, -0.2) is 9.55 Å². The molecule has 5 rings (SSSR count). The molecule has 140 valence electrons. The lowest BCUT2D eigenvalue weighted by Gasteiger charge is -2.08. The third kappa shape index (κ3) is 2.95. The van der Waals surface area contributed by atoms with Gasteiger partial charge in [-0.2, -0.15) is 0 Å². The second-order valence-corrected chi connectivity index (χ2v) is 7.02. The van der Waals surface area contributed by atoms with E-state index in [0.29, 0.717) is 16.6 Å². The van der Waals surface area contributed by atoms with E-state index in [9.17, 15) is 0 Å². The van der Waals surface area contributed by atoms with E-state index in [0.717, 1.165) is 28.1 Å². The zero-order chi connectivity index (χ0) is 19.8. The van der Waals surface area contributed by atoms with Gasteiger partial charge in [0.2, 0.25) is 5.71 Å². The second-order valence-electron chi connectivity index (χ2n) is 7.02. The molecule has 0 fully saturated rings. The maximum atomic E-state index is 8.96. The maximum Gasteiger partial charge on any atom is 0.232 e. The smallest absolute Gasteiger partial charge is 0.232 e. The average Bonchev–Trinajstić information content (AvgIpc) is 3.17. The Kier molecular flexibility index (Phi) is 4.10. The molecule has 5 aromatic rings. The normalized spacial score (nSPS) is 11.1. The van der Waals surface area contributed by atoms with Crippen molar-refractivity contribution < 1.29 is 4.42 Å². The molecular formula is C25H19N3O. The summed E-state index contributed by atoms with van der Waals surface area (Å²) >= 11 is 0. The van der Waals surface area contributed by atoms with Crippen molar-refractivity contribution in [3.63, 3.8) is 0 Å². The van der Waals surface area contributed by atoms with E-state index < -0.39 is 0 Å². The first-order valence-corrected chi connectivity index (χ1v) is 9.49. The fourth-order valence-corrected chi connectivity index (χ4v) is 3.59. The molecule has 0 unspecified atom stereocenters. The Morgan fingerprint density at radius 1 is 0.793 bits per heavy atom. The number of aromatic nitrogens is 2. The number of fused-ring (bicyclic) bond motifs is 1. The van der Waals surface area contributed by atoms with Crippen molar-refractivity contribution in [2.75, 3.05) is 0 Å². The van der Waals surface area contributed by atoms with Gasteiger partial charge < -0.3 is 4.42 Å². The largest absolute Gasteiger partial charge is 0.437 e. The van der Waals surface area contributed by atoms with Gasteiger partial charge in [0.05, 0.1) is 5.39 Å². The van der Waals surface area contributed by atoms with Crippen molar-refractivity contribution in [3.8, 4) is 28.1 Å². The summed E-state index contributed by atoms with van der Waals surface area (Å²) in [6.07, 6.45) is 1.66. The lowest BCUT2D eigenvalue weighted by molar-refractivity contribution is 0.616. The highest BCUT2D eigenvalue weighted by molar-refractivity contribution is 5.99. The van der Waals surface area contributed by atoms with Crippen LogP contribution in [0.2, 0.25) is 0 Å². The number of benzene rings is 3. The Hall–Kier alpha value is -3.92. The van der Waals surface area contributed by atoms with Crippen LogP contribution in [0.5, 0.6) is 0 Å². The quantitative estimate of drug-likeness (QED) is 0.436. The van der Waals surface area contributed by atoms with E-state index >= 15 is 0 Å². The number of aryl methyl sites for hydroxylation is 1. The summed E-state index contributed by atoms with van der Waals surface area (Å²) in [5.74, 6) is 0.731. The first-order chi connectivity index (χ1) is 14.2. The highest BCUT2D eigenvalue weighted by Gasteiger charge is 2.21. The van der Waals surface area contributed by atoms with E-state index in [1.807, 2.05) is 91.9 Å². The Morgan fingerprint density at radius 3 is 2.07 bits per heavy atom. The third-order valence-corrected chi connectivity index (χ3v) is 5.07. The molecule has 0 saturated carbocycles.